The third kappa shape index (κ3) is 2.68. The summed E-state index contributed by atoms with van der Waals surface area (Å²) >= 11 is 5.98. The summed E-state index contributed by atoms with van der Waals surface area (Å²) < 4.78 is 0. The highest BCUT2D eigenvalue weighted by atomic mass is 35.5. The number of fused-ring (bicyclic) bond motifs is 1. The number of benzene rings is 1. The fourth-order valence-electron chi connectivity index (χ4n) is 2.90. The minimum atomic E-state index is 0.731. The average molecular weight is 326 g/mol. The van der Waals surface area contributed by atoms with Gasteiger partial charge in [0.05, 0.1) is 11.4 Å². The summed E-state index contributed by atoms with van der Waals surface area (Å²) in [6.45, 7) is 3.63. The molecular formula is C17H16ClN5. The predicted molar refractivity (Wildman–Crippen MR) is 90.6 cm³/mol. The molecule has 1 aliphatic heterocycles. The summed E-state index contributed by atoms with van der Waals surface area (Å²) in [6.07, 6.45) is 0.922. The van der Waals surface area contributed by atoms with Gasteiger partial charge in [-0.3, -0.25) is 5.10 Å². The Bertz CT molecular complexity index is 823. The fraction of sp³-hybridized carbons (Fsp3) is 0.235. The number of nitrogens with zero attached hydrogens (tertiary/aromatic N) is 4. The number of nitrogens with one attached hydrogen (secondary N) is 1. The molecule has 3 heterocycles. The number of aryl methyl sites for hydroxylation is 1. The minimum Gasteiger partial charge on any atom is -0.350 e. The molecule has 3 aromatic rings. The predicted octanol–water partition coefficient (Wildman–Crippen LogP) is 3.39. The molecule has 2 aromatic heterocycles. The van der Waals surface area contributed by atoms with Crippen molar-refractivity contribution in [3.8, 4) is 11.3 Å². The van der Waals surface area contributed by atoms with Crippen LogP contribution in [0.5, 0.6) is 0 Å². The van der Waals surface area contributed by atoms with Crippen LogP contribution in [0.3, 0.4) is 0 Å². The first-order valence-electron chi connectivity index (χ1n) is 7.58. The number of H-pyrrole nitrogens is 1. The van der Waals surface area contributed by atoms with Crippen LogP contribution in [0.1, 0.15) is 17.0 Å². The highest BCUT2D eigenvalue weighted by Crippen LogP contribution is 2.30. The van der Waals surface area contributed by atoms with Crippen molar-refractivity contribution >= 4 is 17.4 Å². The van der Waals surface area contributed by atoms with E-state index in [0.717, 1.165) is 47.3 Å². The second kappa shape index (κ2) is 5.66. The average Bonchev–Trinajstić information content (AvgIpc) is 2.99. The number of rotatable bonds is 2. The van der Waals surface area contributed by atoms with Crippen LogP contribution in [0.25, 0.3) is 11.3 Å². The van der Waals surface area contributed by atoms with Crippen LogP contribution in [0.15, 0.2) is 36.4 Å². The quantitative estimate of drug-likeness (QED) is 0.784. The smallest absolute Gasteiger partial charge is 0.151 e. The zero-order valence-corrected chi connectivity index (χ0v) is 13.5. The summed E-state index contributed by atoms with van der Waals surface area (Å²) in [7, 11) is 0. The zero-order chi connectivity index (χ0) is 15.8. The van der Waals surface area contributed by atoms with Gasteiger partial charge >= 0.3 is 0 Å². The highest BCUT2D eigenvalue weighted by molar-refractivity contribution is 6.30. The molecule has 23 heavy (non-hydrogen) atoms. The van der Waals surface area contributed by atoms with Crippen LogP contribution in [0.2, 0.25) is 5.02 Å². The van der Waals surface area contributed by atoms with E-state index in [1.165, 1.54) is 11.3 Å². The normalized spacial score (nSPS) is 13.9. The van der Waals surface area contributed by atoms with E-state index in [9.17, 15) is 0 Å². The van der Waals surface area contributed by atoms with E-state index < -0.39 is 0 Å². The molecule has 0 unspecified atom stereocenters. The monoisotopic (exact) mass is 325 g/mol. The van der Waals surface area contributed by atoms with E-state index in [1.54, 1.807) is 0 Å². The molecule has 116 valence electrons. The number of halogens is 1. The van der Waals surface area contributed by atoms with Crippen molar-refractivity contribution in [1.82, 2.24) is 20.4 Å². The van der Waals surface area contributed by atoms with Crippen LogP contribution in [-0.4, -0.2) is 26.9 Å². The largest absolute Gasteiger partial charge is 0.350 e. The highest BCUT2D eigenvalue weighted by Gasteiger charge is 2.23. The zero-order valence-electron chi connectivity index (χ0n) is 12.8. The van der Waals surface area contributed by atoms with Gasteiger partial charge in [-0.15, -0.1) is 5.10 Å². The van der Waals surface area contributed by atoms with Gasteiger partial charge in [-0.25, -0.2) is 0 Å². The standard InChI is InChI=1S/C17H16ClN5/c1-11-2-7-16(21-19-11)23-9-8-15-14(10-23)17(22-20-15)12-3-5-13(18)6-4-12/h2-7H,8-10H2,1H3,(H,20,22). The third-order valence-corrected chi connectivity index (χ3v) is 4.41. The lowest BCUT2D eigenvalue weighted by atomic mass is 10.0. The molecule has 0 bridgehead atoms. The summed E-state index contributed by atoms with van der Waals surface area (Å²) in [5.41, 5.74) is 5.41. The van der Waals surface area contributed by atoms with Crippen LogP contribution in [0, 0.1) is 6.92 Å². The van der Waals surface area contributed by atoms with E-state index in [4.69, 9.17) is 11.6 Å². The molecule has 0 radical (unpaired) electrons. The van der Waals surface area contributed by atoms with Gasteiger partial charge in [0.2, 0.25) is 0 Å². The number of hydrogen-bond acceptors (Lipinski definition) is 4. The number of hydrogen-bond donors (Lipinski definition) is 1. The number of anilines is 1. The van der Waals surface area contributed by atoms with Gasteiger partial charge in [0.25, 0.3) is 0 Å². The molecule has 1 N–H and O–H groups in total. The molecule has 0 atom stereocenters. The van der Waals surface area contributed by atoms with Crippen LogP contribution in [0.4, 0.5) is 5.82 Å². The molecular weight excluding hydrogens is 310 g/mol. The van der Waals surface area contributed by atoms with Gasteiger partial charge < -0.3 is 4.90 Å². The molecule has 0 saturated carbocycles. The summed E-state index contributed by atoms with van der Waals surface area (Å²) in [6, 6.07) is 11.8. The van der Waals surface area contributed by atoms with E-state index in [2.05, 4.69) is 25.3 Å². The lowest BCUT2D eigenvalue weighted by Crippen LogP contribution is -2.31. The number of aromatic nitrogens is 4. The van der Waals surface area contributed by atoms with Gasteiger partial charge in [0.1, 0.15) is 0 Å². The van der Waals surface area contributed by atoms with Crippen molar-refractivity contribution in [2.75, 3.05) is 11.4 Å². The molecule has 5 nitrogen and oxygen atoms in total. The van der Waals surface area contributed by atoms with E-state index >= 15 is 0 Å². The fourth-order valence-corrected chi connectivity index (χ4v) is 3.02. The van der Waals surface area contributed by atoms with Gasteiger partial charge in [0, 0.05) is 41.4 Å². The Morgan fingerprint density at radius 3 is 2.65 bits per heavy atom. The lowest BCUT2D eigenvalue weighted by molar-refractivity contribution is 0.702. The van der Waals surface area contributed by atoms with Crippen molar-refractivity contribution in [2.24, 2.45) is 0 Å². The molecule has 0 spiro atoms. The SMILES string of the molecule is Cc1ccc(N2CCc3[nH]nc(-c4ccc(Cl)cc4)c3C2)nn1. The molecule has 4 rings (SSSR count). The first-order valence-corrected chi connectivity index (χ1v) is 7.96. The van der Waals surface area contributed by atoms with Gasteiger partial charge in [-0.05, 0) is 31.2 Å². The minimum absolute atomic E-state index is 0.731. The van der Waals surface area contributed by atoms with Crippen molar-refractivity contribution in [1.29, 1.82) is 0 Å². The first-order chi connectivity index (χ1) is 11.2. The van der Waals surface area contributed by atoms with E-state index in [-0.39, 0.29) is 0 Å². The Kier molecular flexibility index (Phi) is 3.50. The molecule has 0 aliphatic carbocycles. The molecule has 6 heteroatoms. The molecule has 1 aliphatic rings. The van der Waals surface area contributed by atoms with Crippen molar-refractivity contribution < 1.29 is 0 Å². The molecule has 0 amide bonds. The number of aromatic amines is 1. The third-order valence-electron chi connectivity index (χ3n) is 4.16. The van der Waals surface area contributed by atoms with Crippen LogP contribution >= 0.6 is 11.6 Å². The second-order valence-corrected chi connectivity index (χ2v) is 6.18. The van der Waals surface area contributed by atoms with Crippen molar-refractivity contribution in [3.05, 3.63) is 58.4 Å². The maximum Gasteiger partial charge on any atom is 0.151 e. The van der Waals surface area contributed by atoms with Crippen molar-refractivity contribution in [3.63, 3.8) is 0 Å². The molecule has 1 aromatic carbocycles. The van der Waals surface area contributed by atoms with E-state index in [1.807, 2.05) is 43.3 Å². The van der Waals surface area contributed by atoms with Gasteiger partial charge in [-0.2, -0.15) is 10.2 Å². The molecule has 0 fully saturated rings. The lowest BCUT2D eigenvalue weighted by Gasteiger charge is -2.27. The summed E-state index contributed by atoms with van der Waals surface area (Å²) in [5.74, 6) is 0.907. The van der Waals surface area contributed by atoms with Crippen LogP contribution in [-0.2, 0) is 13.0 Å². The second-order valence-electron chi connectivity index (χ2n) is 5.74. The Balaban J connectivity index is 1.67. The summed E-state index contributed by atoms with van der Waals surface area (Å²) in [4.78, 5) is 2.24. The Labute approximate surface area is 139 Å². The Morgan fingerprint density at radius 1 is 1.09 bits per heavy atom. The Morgan fingerprint density at radius 2 is 1.91 bits per heavy atom. The maximum absolute atomic E-state index is 5.98. The first kappa shape index (κ1) is 14.2. The van der Waals surface area contributed by atoms with Crippen LogP contribution < -0.4 is 4.90 Å². The maximum atomic E-state index is 5.98. The molecule has 0 saturated heterocycles. The van der Waals surface area contributed by atoms with Gasteiger partial charge in [-0.1, -0.05) is 23.7 Å². The Hall–Kier alpha value is -2.40. The van der Waals surface area contributed by atoms with Gasteiger partial charge in [0.15, 0.2) is 5.82 Å². The van der Waals surface area contributed by atoms with Crippen molar-refractivity contribution in [2.45, 2.75) is 19.9 Å². The van der Waals surface area contributed by atoms with E-state index in [0.29, 0.717) is 0 Å². The summed E-state index contributed by atoms with van der Waals surface area (Å²) in [5, 5.41) is 16.9. The topological polar surface area (TPSA) is 57.7 Å².